The number of carboxylic acid groups (broad SMARTS) is 1. The van der Waals surface area contributed by atoms with Gasteiger partial charge in [-0.2, -0.15) is 0 Å². The van der Waals surface area contributed by atoms with E-state index in [0.29, 0.717) is 0 Å². The summed E-state index contributed by atoms with van der Waals surface area (Å²) in [5.74, 6) is 0.277. The van der Waals surface area contributed by atoms with Gasteiger partial charge in [-0.3, -0.25) is 4.79 Å². The Morgan fingerprint density at radius 3 is 3.07 bits per heavy atom. The van der Waals surface area contributed by atoms with E-state index in [1.54, 1.807) is 7.05 Å². The standard InChI is InChI=1S/C11H13NO2S/c1-12-10(11(13)14)8-2-3-9-7(6-8)4-5-15-9/h2-3,6,10,12H,4-5H2,1H3,(H,13,14)/t10-/m0/s1. The van der Waals surface area contributed by atoms with Crippen LogP contribution >= 0.6 is 11.8 Å². The normalized spacial score (nSPS) is 16.1. The summed E-state index contributed by atoms with van der Waals surface area (Å²) in [6, 6.07) is 5.33. The molecule has 4 heteroatoms. The van der Waals surface area contributed by atoms with Crippen LogP contribution in [-0.4, -0.2) is 23.9 Å². The number of benzene rings is 1. The lowest BCUT2D eigenvalue weighted by Gasteiger charge is -2.12. The molecule has 0 aromatic heterocycles. The number of carbonyl (C=O) groups is 1. The van der Waals surface area contributed by atoms with Crippen LogP contribution in [0, 0.1) is 0 Å². The van der Waals surface area contributed by atoms with Gasteiger partial charge in [-0.15, -0.1) is 11.8 Å². The SMILES string of the molecule is CN[C@H](C(=O)O)c1ccc2c(c1)CCS2. The molecule has 0 spiro atoms. The van der Waals surface area contributed by atoms with Gasteiger partial charge in [-0.05, 0) is 30.7 Å². The van der Waals surface area contributed by atoms with Gasteiger partial charge in [-0.25, -0.2) is 0 Å². The molecule has 2 N–H and O–H groups in total. The number of thioether (sulfide) groups is 1. The van der Waals surface area contributed by atoms with Gasteiger partial charge in [0.1, 0.15) is 6.04 Å². The Kier molecular flexibility index (Phi) is 2.98. The van der Waals surface area contributed by atoms with Crippen LogP contribution in [0.25, 0.3) is 0 Å². The molecule has 1 heterocycles. The maximum absolute atomic E-state index is 11.0. The Morgan fingerprint density at radius 2 is 2.40 bits per heavy atom. The molecular formula is C11H13NO2S. The topological polar surface area (TPSA) is 49.3 Å². The van der Waals surface area contributed by atoms with Crippen molar-refractivity contribution in [3.8, 4) is 0 Å². The third-order valence-electron chi connectivity index (χ3n) is 2.58. The van der Waals surface area contributed by atoms with E-state index < -0.39 is 12.0 Å². The van der Waals surface area contributed by atoms with Crippen molar-refractivity contribution < 1.29 is 9.90 Å². The highest BCUT2D eigenvalue weighted by Gasteiger charge is 2.20. The number of rotatable bonds is 3. The quantitative estimate of drug-likeness (QED) is 0.818. The van der Waals surface area contributed by atoms with Gasteiger partial charge in [0.25, 0.3) is 0 Å². The zero-order valence-electron chi connectivity index (χ0n) is 8.49. The summed E-state index contributed by atoms with van der Waals surface area (Å²) in [7, 11) is 1.67. The summed E-state index contributed by atoms with van der Waals surface area (Å²) < 4.78 is 0. The Morgan fingerprint density at radius 1 is 1.60 bits per heavy atom. The number of carboxylic acids is 1. The predicted molar refractivity (Wildman–Crippen MR) is 60.3 cm³/mol. The molecule has 1 atom stereocenters. The van der Waals surface area contributed by atoms with Crippen LogP contribution in [0.3, 0.4) is 0 Å². The van der Waals surface area contributed by atoms with E-state index in [1.165, 1.54) is 10.5 Å². The largest absolute Gasteiger partial charge is 0.480 e. The highest BCUT2D eigenvalue weighted by molar-refractivity contribution is 7.99. The lowest BCUT2D eigenvalue weighted by molar-refractivity contribution is -0.139. The van der Waals surface area contributed by atoms with Gasteiger partial charge in [-0.1, -0.05) is 12.1 Å². The van der Waals surface area contributed by atoms with Crippen molar-refractivity contribution in [2.75, 3.05) is 12.8 Å². The zero-order chi connectivity index (χ0) is 10.8. The van der Waals surface area contributed by atoms with Gasteiger partial charge in [0, 0.05) is 10.6 Å². The van der Waals surface area contributed by atoms with Crippen LogP contribution in [0.15, 0.2) is 23.1 Å². The maximum atomic E-state index is 11.0. The van der Waals surface area contributed by atoms with Crippen molar-refractivity contribution in [1.29, 1.82) is 0 Å². The zero-order valence-corrected chi connectivity index (χ0v) is 9.30. The number of nitrogens with one attached hydrogen (secondary N) is 1. The molecule has 0 unspecified atom stereocenters. The van der Waals surface area contributed by atoms with Crippen molar-refractivity contribution in [2.45, 2.75) is 17.4 Å². The summed E-state index contributed by atoms with van der Waals surface area (Å²) in [6.07, 6.45) is 1.05. The van der Waals surface area contributed by atoms with Crippen molar-refractivity contribution in [3.05, 3.63) is 29.3 Å². The fourth-order valence-electron chi connectivity index (χ4n) is 1.82. The molecule has 0 aliphatic carbocycles. The number of fused-ring (bicyclic) bond motifs is 1. The number of likely N-dealkylation sites (N-methyl/N-ethyl adjacent to an activating group) is 1. The van der Waals surface area contributed by atoms with Crippen LogP contribution in [0.1, 0.15) is 17.2 Å². The van der Waals surface area contributed by atoms with E-state index in [-0.39, 0.29) is 0 Å². The van der Waals surface area contributed by atoms with Crippen molar-refractivity contribution in [3.63, 3.8) is 0 Å². The second kappa shape index (κ2) is 4.24. The summed E-state index contributed by atoms with van der Waals surface area (Å²) in [6.45, 7) is 0. The monoisotopic (exact) mass is 223 g/mol. The number of hydrogen-bond donors (Lipinski definition) is 2. The first-order chi connectivity index (χ1) is 7.22. The minimum atomic E-state index is -0.830. The molecule has 1 aliphatic heterocycles. The molecular weight excluding hydrogens is 210 g/mol. The van der Waals surface area contributed by atoms with Crippen molar-refractivity contribution in [2.24, 2.45) is 0 Å². The number of aliphatic carboxylic acids is 1. The molecule has 1 aromatic carbocycles. The highest BCUT2D eigenvalue weighted by Crippen LogP contribution is 2.32. The van der Waals surface area contributed by atoms with E-state index in [4.69, 9.17) is 5.11 Å². The number of aryl methyl sites for hydroxylation is 1. The Labute approximate surface area is 92.9 Å². The van der Waals surface area contributed by atoms with E-state index >= 15 is 0 Å². The smallest absolute Gasteiger partial charge is 0.325 e. The maximum Gasteiger partial charge on any atom is 0.325 e. The fourth-order valence-corrected chi connectivity index (χ4v) is 2.87. The van der Waals surface area contributed by atoms with Gasteiger partial charge in [0.2, 0.25) is 0 Å². The summed E-state index contributed by atoms with van der Waals surface area (Å²) in [5, 5.41) is 11.8. The minimum absolute atomic E-state index is 0.596. The average Bonchev–Trinajstić information content (AvgIpc) is 2.65. The molecule has 2 rings (SSSR count). The molecule has 0 radical (unpaired) electrons. The van der Waals surface area contributed by atoms with Crippen LogP contribution < -0.4 is 5.32 Å². The second-order valence-electron chi connectivity index (χ2n) is 3.53. The van der Waals surface area contributed by atoms with Crippen LogP contribution in [-0.2, 0) is 11.2 Å². The molecule has 0 amide bonds. The molecule has 0 saturated carbocycles. The fraction of sp³-hybridized carbons (Fsp3) is 0.364. The van der Waals surface area contributed by atoms with E-state index in [2.05, 4.69) is 5.32 Å². The van der Waals surface area contributed by atoms with Gasteiger partial charge < -0.3 is 10.4 Å². The Hall–Kier alpha value is -1.00. The molecule has 1 aromatic rings. The molecule has 80 valence electrons. The number of hydrogen-bond acceptors (Lipinski definition) is 3. The van der Waals surface area contributed by atoms with Crippen molar-refractivity contribution in [1.82, 2.24) is 5.32 Å². The first kappa shape index (κ1) is 10.5. The third-order valence-corrected chi connectivity index (χ3v) is 3.70. The van der Waals surface area contributed by atoms with Gasteiger partial charge >= 0.3 is 5.97 Å². The molecule has 1 aliphatic rings. The average molecular weight is 223 g/mol. The first-order valence-corrected chi connectivity index (χ1v) is 5.86. The van der Waals surface area contributed by atoms with Gasteiger partial charge in [0.15, 0.2) is 0 Å². The molecule has 3 nitrogen and oxygen atoms in total. The first-order valence-electron chi connectivity index (χ1n) is 4.88. The minimum Gasteiger partial charge on any atom is -0.480 e. The molecule has 0 bridgehead atoms. The highest BCUT2D eigenvalue weighted by atomic mass is 32.2. The Bertz CT molecular complexity index is 392. The van der Waals surface area contributed by atoms with E-state index in [0.717, 1.165) is 17.7 Å². The van der Waals surface area contributed by atoms with Crippen molar-refractivity contribution >= 4 is 17.7 Å². The summed E-state index contributed by atoms with van der Waals surface area (Å²) in [5.41, 5.74) is 2.12. The van der Waals surface area contributed by atoms with Crippen LogP contribution in [0.5, 0.6) is 0 Å². The predicted octanol–water partition coefficient (Wildman–Crippen LogP) is 1.68. The second-order valence-corrected chi connectivity index (χ2v) is 4.66. The van der Waals surface area contributed by atoms with E-state index in [9.17, 15) is 4.79 Å². The van der Waals surface area contributed by atoms with Gasteiger partial charge in [0.05, 0.1) is 0 Å². The summed E-state index contributed by atoms with van der Waals surface area (Å²) >= 11 is 1.84. The third kappa shape index (κ3) is 2.01. The lowest BCUT2D eigenvalue weighted by Crippen LogP contribution is -2.24. The molecule has 15 heavy (non-hydrogen) atoms. The lowest BCUT2D eigenvalue weighted by atomic mass is 10.0. The Balaban J connectivity index is 2.32. The van der Waals surface area contributed by atoms with Crippen LogP contribution in [0.4, 0.5) is 0 Å². The summed E-state index contributed by atoms with van der Waals surface area (Å²) in [4.78, 5) is 12.3. The molecule has 0 saturated heterocycles. The van der Waals surface area contributed by atoms with E-state index in [1.807, 2.05) is 30.0 Å². The van der Waals surface area contributed by atoms with Crippen LogP contribution in [0.2, 0.25) is 0 Å². The molecule has 0 fully saturated rings.